The van der Waals surface area contributed by atoms with Crippen LogP contribution in [0.1, 0.15) is 72.1 Å². The van der Waals surface area contributed by atoms with Crippen LogP contribution in [0.25, 0.3) is 0 Å². The van der Waals surface area contributed by atoms with Crippen LogP contribution in [0, 0.1) is 46.8 Å². The highest BCUT2D eigenvalue weighted by Crippen LogP contribution is 2.68. The molecule has 2 nitrogen and oxygen atoms in total. The van der Waals surface area contributed by atoms with Crippen molar-refractivity contribution in [2.45, 2.75) is 77.7 Å². The van der Waals surface area contributed by atoms with Crippen molar-refractivity contribution >= 4 is 5.78 Å². The first-order valence-electron chi connectivity index (χ1n) is 10.7. The molecule has 0 saturated heterocycles. The van der Waals surface area contributed by atoms with Gasteiger partial charge < -0.3 is 5.11 Å². The molecule has 0 aromatic heterocycles. The summed E-state index contributed by atoms with van der Waals surface area (Å²) in [6, 6.07) is 0. The molecule has 4 saturated carbocycles. The molecule has 138 valence electrons. The lowest BCUT2D eigenvalue weighted by Crippen LogP contribution is -2.55. The Morgan fingerprint density at radius 1 is 1.08 bits per heavy atom. The number of fused-ring (bicyclic) bond motifs is 7. The average Bonchev–Trinajstić information content (AvgIpc) is 3.30. The molecule has 0 spiro atoms. The molecular weight excluding hydrogens is 308 g/mol. The van der Waals surface area contributed by atoms with Crippen LogP contribution in [0.2, 0.25) is 0 Å². The zero-order chi connectivity index (χ0) is 17.6. The molecule has 0 aromatic rings. The van der Waals surface area contributed by atoms with Crippen molar-refractivity contribution in [3.8, 4) is 0 Å². The molecule has 1 unspecified atom stereocenters. The monoisotopic (exact) mass is 342 g/mol. The minimum absolute atomic E-state index is 0.237. The number of allylic oxidation sites excluding steroid dienone is 2. The SMILES string of the molecule is CC(=O)[C@H]1CC2=C[C@H]2[C@H]2[C@@H]3CC[C@@H]4C[C@](C)(O)CCC4[C@H]3CC[C@@]21C. The van der Waals surface area contributed by atoms with E-state index in [0.29, 0.717) is 5.78 Å². The second kappa shape index (κ2) is 5.21. The molecule has 25 heavy (non-hydrogen) atoms. The number of hydrogen-bond acceptors (Lipinski definition) is 2. The maximum absolute atomic E-state index is 12.4. The molecule has 0 bridgehead atoms. The summed E-state index contributed by atoms with van der Waals surface area (Å²) in [5, 5.41) is 10.5. The van der Waals surface area contributed by atoms with Crippen molar-refractivity contribution in [2.24, 2.45) is 46.8 Å². The first kappa shape index (κ1) is 16.5. The lowest BCUT2D eigenvalue weighted by atomic mass is 9.44. The van der Waals surface area contributed by atoms with E-state index in [0.717, 1.165) is 54.8 Å². The van der Waals surface area contributed by atoms with Gasteiger partial charge in [-0.2, -0.15) is 0 Å². The van der Waals surface area contributed by atoms with Gasteiger partial charge in [0.1, 0.15) is 5.78 Å². The summed E-state index contributed by atoms with van der Waals surface area (Å²) in [5.74, 6) is 5.42. The van der Waals surface area contributed by atoms with Gasteiger partial charge in [-0.25, -0.2) is 0 Å². The smallest absolute Gasteiger partial charge is 0.133 e. The zero-order valence-corrected chi connectivity index (χ0v) is 16.1. The van der Waals surface area contributed by atoms with E-state index in [2.05, 4.69) is 13.0 Å². The molecule has 0 aromatic carbocycles. The van der Waals surface area contributed by atoms with Gasteiger partial charge in [-0.3, -0.25) is 4.79 Å². The topological polar surface area (TPSA) is 37.3 Å². The summed E-state index contributed by atoms with van der Waals surface area (Å²) in [5.41, 5.74) is 1.42. The van der Waals surface area contributed by atoms with E-state index in [4.69, 9.17) is 0 Å². The lowest BCUT2D eigenvalue weighted by molar-refractivity contribution is -0.144. The Morgan fingerprint density at radius 2 is 1.84 bits per heavy atom. The van der Waals surface area contributed by atoms with Gasteiger partial charge in [0.2, 0.25) is 0 Å². The third-order valence-corrected chi connectivity index (χ3v) is 9.36. The van der Waals surface area contributed by atoms with Crippen LogP contribution in [-0.4, -0.2) is 16.5 Å². The largest absolute Gasteiger partial charge is 0.390 e. The van der Waals surface area contributed by atoms with Crippen molar-refractivity contribution in [3.63, 3.8) is 0 Å². The normalized spacial score (nSPS) is 56.6. The maximum Gasteiger partial charge on any atom is 0.133 e. The Kier molecular flexibility index (Phi) is 3.45. The predicted octanol–water partition coefficient (Wildman–Crippen LogP) is 4.76. The van der Waals surface area contributed by atoms with Crippen molar-refractivity contribution in [1.29, 1.82) is 0 Å². The Hall–Kier alpha value is -0.630. The second-order valence-corrected chi connectivity index (χ2v) is 10.8. The summed E-state index contributed by atoms with van der Waals surface area (Å²) in [4.78, 5) is 12.4. The summed E-state index contributed by atoms with van der Waals surface area (Å²) in [7, 11) is 0. The van der Waals surface area contributed by atoms with Gasteiger partial charge in [0.25, 0.3) is 0 Å². The molecule has 9 atom stereocenters. The first-order valence-corrected chi connectivity index (χ1v) is 10.7. The van der Waals surface area contributed by atoms with E-state index in [9.17, 15) is 9.90 Å². The highest BCUT2D eigenvalue weighted by atomic mass is 16.3. The molecule has 0 amide bonds. The number of hydrogen-bond donors (Lipinski definition) is 1. The van der Waals surface area contributed by atoms with Crippen molar-refractivity contribution in [2.75, 3.05) is 0 Å². The van der Waals surface area contributed by atoms with Crippen molar-refractivity contribution < 1.29 is 9.90 Å². The molecule has 2 heteroatoms. The third kappa shape index (κ3) is 2.35. The van der Waals surface area contributed by atoms with Gasteiger partial charge in [0.15, 0.2) is 0 Å². The van der Waals surface area contributed by atoms with E-state index in [-0.39, 0.29) is 11.3 Å². The third-order valence-electron chi connectivity index (χ3n) is 9.36. The van der Waals surface area contributed by atoms with E-state index < -0.39 is 5.60 Å². The molecule has 5 aliphatic rings. The number of aliphatic hydroxyl groups is 1. The van der Waals surface area contributed by atoms with Crippen LogP contribution in [-0.2, 0) is 4.79 Å². The highest BCUT2D eigenvalue weighted by molar-refractivity contribution is 5.80. The number of Topliss-reactive ketones (excluding diaryl/α,β-unsaturated/α-hetero) is 1. The van der Waals surface area contributed by atoms with Crippen LogP contribution < -0.4 is 0 Å². The van der Waals surface area contributed by atoms with Gasteiger partial charge in [0, 0.05) is 11.8 Å². The Bertz CT molecular complexity index is 632. The number of ketones is 1. The molecule has 4 fully saturated rings. The molecule has 0 radical (unpaired) electrons. The number of rotatable bonds is 1. The van der Waals surface area contributed by atoms with Crippen LogP contribution in [0.3, 0.4) is 0 Å². The summed E-state index contributed by atoms with van der Waals surface area (Å²) < 4.78 is 0. The molecular formula is C23H34O2. The fraction of sp³-hybridized carbons (Fsp3) is 0.870. The fourth-order valence-corrected chi connectivity index (χ4v) is 8.24. The standard InChI is InChI=1S/C23H34O2/c1-13(24)20-11-15-10-19(15)21-18-5-4-14-12-22(2,25)8-6-16(14)17(18)7-9-23(20,21)3/h10,14,16-21,25H,4-9,11-12H2,1-3H3/t14-,16?,17-,18-,19-,20-,21-,22-,23-/m1/s1. The van der Waals surface area contributed by atoms with Gasteiger partial charge in [0.05, 0.1) is 5.60 Å². The van der Waals surface area contributed by atoms with Crippen molar-refractivity contribution in [3.05, 3.63) is 11.6 Å². The molecule has 1 N–H and O–H groups in total. The van der Waals surface area contributed by atoms with Crippen LogP contribution >= 0.6 is 0 Å². The first-order chi connectivity index (χ1) is 11.8. The van der Waals surface area contributed by atoms with Gasteiger partial charge in [-0.15, -0.1) is 0 Å². The Labute approximate surface area is 152 Å². The molecule has 5 aliphatic carbocycles. The Morgan fingerprint density at radius 3 is 2.60 bits per heavy atom. The molecule has 5 rings (SSSR count). The van der Waals surface area contributed by atoms with E-state index in [1.807, 2.05) is 13.8 Å². The summed E-state index contributed by atoms with van der Waals surface area (Å²) >= 11 is 0. The number of carbonyl (C=O) groups is 1. The van der Waals surface area contributed by atoms with Crippen LogP contribution in [0.15, 0.2) is 11.6 Å². The van der Waals surface area contributed by atoms with Gasteiger partial charge in [-0.1, -0.05) is 18.6 Å². The molecule has 0 aliphatic heterocycles. The zero-order valence-electron chi connectivity index (χ0n) is 16.1. The highest BCUT2D eigenvalue weighted by Gasteiger charge is 2.62. The fourth-order valence-electron chi connectivity index (χ4n) is 8.24. The summed E-state index contributed by atoms with van der Waals surface area (Å²) in [6.07, 6.45) is 12.0. The van der Waals surface area contributed by atoms with Crippen LogP contribution in [0.4, 0.5) is 0 Å². The minimum Gasteiger partial charge on any atom is -0.390 e. The van der Waals surface area contributed by atoms with Crippen molar-refractivity contribution in [1.82, 2.24) is 0 Å². The Balaban J connectivity index is 1.44. The number of carbonyl (C=O) groups excluding carboxylic acids is 1. The lowest BCUT2D eigenvalue weighted by Gasteiger charge is -2.60. The molecule has 0 heterocycles. The average molecular weight is 343 g/mol. The van der Waals surface area contributed by atoms with E-state index >= 15 is 0 Å². The van der Waals surface area contributed by atoms with Gasteiger partial charge in [-0.05, 0) is 100 Å². The summed E-state index contributed by atoms with van der Waals surface area (Å²) in [6.45, 7) is 6.34. The predicted molar refractivity (Wildman–Crippen MR) is 98.9 cm³/mol. The second-order valence-electron chi connectivity index (χ2n) is 10.8. The van der Waals surface area contributed by atoms with Gasteiger partial charge >= 0.3 is 0 Å². The maximum atomic E-state index is 12.4. The van der Waals surface area contributed by atoms with E-state index in [1.54, 1.807) is 5.57 Å². The van der Waals surface area contributed by atoms with Crippen LogP contribution in [0.5, 0.6) is 0 Å². The van der Waals surface area contributed by atoms with E-state index in [1.165, 1.54) is 32.1 Å². The quantitative estimate of drug-likeness (QED) is 0.698. The minimum atomic E-state index is -0.424.